The second kappa shape index (κ2) is 4.20. The van der Waals surface area contributed by atoms with Crippen LogP contribution in [0.4, 0.5) is 8.78 Å². The highest BCUT2D eigenvalue weighted by molar-refractivity contribution is 5.77. The maximum atomic E-state index is 12.9. The van der Waals surface area contributed by atoms with Crippen molar-refractivity contribution >= 4 is 5.97 Å². The minimum absolute atomic E-state index is 0.0933. The van der Waals surface area contributed by atoms with Crippen molar-refractivity contribution in [2.45, 2.75) is 19.3 Å². The molecular formula is C12H12F2O2. The number of halogens is 2. The molecule has 0 radical (unpaired) electrons. The van der Waals surface area contributed by atoms with Gasteiger partial charge in [-0.3, -0.25) is 4.79 Å². The fourth-order valence-electron chi connectivity index (χ4n) is 1.86. The number of hydrogen-bond acceptors (Lipinski definition) is 2. The van der Waals surface area contributed by atoms with Crippen LogP contribution in [0.5, 0.6) is 0 Å². The van der Waals surface area contributed by atoms with E-state index in [1.807, 2.05) is 0 Å². The van der Waals surface area contributed by atoms with E-state index in [1.54, 1.807) is 6.92 Å². The van der Waals surface area contributed by atoms with Gasteiger partial charge >= 0.3 is 5.97 Å². The molecule has 1 aliphatic rings. The Morgan fingerprint density at radius 1 is 1.38 bits per heavy atom. The van der Waals surface area contributed by atoms with Crippen molar-refractivity contribution in [1.82, 2.24) is 0 Å². The summed E-state index contributed by atoms with van der Waals surface area (Å²) < 4.78 is 30.7. The minimum atomic E-state index is -0.607. The topological polar surface area (TPSA) is 26.3 Å². The molecule has 16 heavy (non-hydrogen) atoms. The Balaban J connectivity index is 2.08. The lowest BCUT2D eigenvalue weighted by Gasteiger charge is -2.02. The van der Waals surface area contributed by atoms with Crippen LogP contribution in [0, 0.1) is 17.6 Å². The molecule has 2 atom stereocenters. The van der Waals surface area contributed by atoms with Gasteiger partial charge in [-0.05, 0) is 37.0 Å². The Labute approximate surface area is 92.2 Å². The Bertz CT molecular complexity index is 397. The number of rotatable bonds is 3. The summed E-state index contributed by atoms with van der Waals surface area (Å²) in [6.07, 6.45) is 0.613. The first-order valence-corrected chi connectivity index (χ1v) is 5.24. The monoisotopic (exact) mass is 226 g/mol. The summed E-state index contributed by atoms with van der Waals surface area (Å²) in [7, 11) is 0. The van der Waals surface area contributed by atoms with Crippen molar-refractivity contribution in [2.75, 3.05) is 6.61 Å². The minimum Gasteiger partial charge on any atom is -0.466 e. The van der Waals surface area contributed by atoms with Crippen LogP contribution >= 0.6 is 0 Å². The van der Waals surface area contributed by atoms with Gasteiger partial charge in [-0.15, -0.1) is 0 Å². The number of benzene rings is 1. The molecule has 1 aliphatic carbocycles. The zero-order valence-corrected chi connectivity index (χ0v) is 8.87. The summed E-state index contributed by atoms with van der Waals surface area (Å²) in [5.74, 6) is -1.82. The summed E-state index contributed by atoms with van der Waals surface area (Å²) in [6, 6.07) is 3.37. The quantitative estimate of drug-likeness (QED) is 0.740. The molecule has 0 unspecified atom stereocenters. The van der Waals surface area contributed by atoms with Crippen LogP contribution in [0.25, 0.3) is 0 Å². The second-order valence-corrected chi connectivity index (χ2v) is 3.90. The highest BCUT2D eigenvalue weighted by Gasteiger charge is 2.45. The maximum absolute atomic E-state index is 12.9. The van der Waals surface area contributed by atoms with Gasteiger partial charge in [-0.1, -0.05) is 0 Å². The molecule has 0 saturated heterocycles. The lowest BCUT2D eigenvalue weighted by atomic mass is 10.1. The molecule has 0 aromatic heterocycles. The van der Waals surface area contributed by atoms with E-state index in [2.05, 4.69) is 0 Å². The van der Waals surface area contributed by atoms with E-state index in [-0.39, 0.29) is 17.8 Å². The molecule has 1 fully saturated rings. The Kier molecular flexibility index (Phi) is 2.90. The van der Waals surface area contributed by atoms with Crippen LogP contribution in [0.3, 0.4) is 0 Å². The zero-order valence-electron chi connectivity index (χ0n) is 8.87. The maximum Gasteiger partial charge on any atom is 0.309 e. The van der Waals surface area contributed by atoms with Gasteiger partial charge in [0.2, 0.25) is 0 Å². The van der Waals surface area contributed by atoms with Crippen LogP contribution < -0.4 is 0 Å². The van der Waals surface area contributed by atoms with Crippen molar-refractivity contribution in [3.63, 3.8) is 0 Å². The lowest BCUT2D eigenvalue weighted by Crippen LogP contribution is -2.07. The zero-order chi connectivity index (χ0) is 11.7. The molecule has 1 aromatic carbocycles. The van der Waals surface area contributed by atoms with Crippen molar-refractivity contribution in [1.29, 1.82) is 0 Å². The first-order chi connectivity index (χ1) is 7.61. The summed E-state index contributed by atoms with van der Waals surface area (Å²) in [6.45, 7) is 2.07. The molecule has 0 heterocycles. The van der Waals surface area contributed by atoms with E-state index in [0.717, 1.165) is 6.07 Å². The largest absolute Gasteiger partial charge is 0.466 e. The lowest BCUT2D eigenvalue weighted by molar-refractivity contribution is -0.144. The van der Waals surface area contributed by atoms with Gasteiger partial charge in [0.05, 0.1) is 12.5 Å². The third kappa shape index (κ3) is 2.21. The van der Waals surface area contributed by atoms with Crippen molar-refractivity contribution in [3.05, 3.63) is 35.4 Å². The van der Waals surface area contributed by atoms with Gasteiger partial charge in [-0.2, -0.15) is 0 Å². The third-order valence-electron chi connectivity index (χ3n) is 2.69. The smallest absolute Gasteiger partial charge is 0.309 e. The molecule has 0 spiro atoms. The SMILES string of the molecule is CCOC(=O)[C@H]1C[C@@H]1c1cc(F)cc(F)c1. The van der Waals surface area contributed by atoms with Crippen molar-refractivity contribution < 1.29 is 18.3 Å². The van der Waals surface area contributed by atoms with E-state index in [9.17, 15) is 13.6 Å². The summed E-state index contributed by atoms with van der Waals surface area (Å²) in [5, 5.41) is 0. The van der Waals surface area contributed by atoms with Crippen molar-refractivity contribution in [3.8, 4) is 0 Å². The average molecular weight is 226 g/mol. The van der Waals surface area contributed by atoms with Crippen LogP contribution in [0.15, 0.2) is 18.2 Å². The van der Waals surface area contributed by atoms with Gasteiger partial charge < -0.3 is 4.74 Å². The molecule has 0 N–H and O–H groups in total. The standard InChI is InChI=1S/C12H12F2O2/c1-2-16-12(15)11-6-10(11)7-3-8(13)5-9(14)4-7/h3-5,10-11H,2,6H2,1H3/t10-,11+/m1/s1. The van der Waals surface area contributed by atoms with E-state index >= 15 is 0 Å². The Morgan fingerprint density at radius 3 is 2.56 bits per heavy atom. The van der Waals surface area contributed by atoms with Crippen molar-refractivity contribution in [2.24, 2.45) is 5.92 Å². The summed E-state index contributed by atoms with van der Waals surface area (Å²) in [5.41, 5.74) is 0.538. The average Bonchev–Trinajstić information content (AvgIpc) is 2.95. The first kappa shape index (κ1) is 11.0. The Morgan fingerprint density at radius 2 is 2.00 bits per heavy atom. The molecule has 0 amide bonds. The molecule has 1 aromatic rings. The highest BCUT2D eigenvalue weighted by Crippen LogP contribution is 2.48. The molecule has 86 valence electrons. The second-order valence-electron chi connectivity index (χ2n) is 3.90. The van der Waals surface area contributed by atoms with Crippen LogP contribution in [-0.4, -0.2) is 12.6 Å². The fourth-order valence-corrected chi connectivity index (χ4v) is 1.86. The molecule has 2 rings (SSSR count). The van der Waals surface area contributed by atoms with Gasteiger partial charge in [0.1, 0.15) is 11.6 Å². The number of hydrogen-bond donors (Lipinski definition) is 0. The van der Waals surface area contributed by atoms with E-state index in [1.165, 1.54) is 12.1 Å². The van der Waals surface area contributed by atoms with Crippen LogP contribution in [-0.2, 0) is 9.53 Å². The number of carbonyl (C=O) groups is 1. The highest BCUT2D eigenvalue weighted by atomic mass is 19.1. The number of esters is 1. The van der Waals surface area contributed by atoms with E-state index in [4.69, 9.17) is 4.74 Å². The summed E-state index contributed by atoms with van der Waals surface area (Å²) >= 11 is 0. The molecule has 2 nitrogen and oxygen atoms in total. The first-order valence-electron chi connectivity index (χ1n) is 5.24. The van der Waals surface area contributed by atoms with Gasteiger partial charge in [-0.25, -0.2) is 8.78 Å². The van der Waals surface area contributed by atoms with Gasteiger partial charge in [0, 0.05) is 6.07 Å². The van der Waals surface area contributed by atoms with E-state index < -0.39 is 11.6 Å². The van der Waals surface area contributed by atoms with Crippen LogP contribution in [0.1, 0.15) is 24.8 Å². The van der Waals surface area contributed by atoms with E-state index in [0.29, 0.717) is 18.6 Å². The number of carbonyl (C=O) groups excluding carboxylic acids is 1. The van der Waals surface area contributed by atoms with Gasteiger partial charge in [0.15, 0.2) is 0 Å². The third-order valence-corrected chi connectivity index (χ3v) is 2.69. The molecule has 1 saturated carbocycles. The predicted molar refractivity (Wildman–Crippen MR) is 53.8 cm³/mol. The normalized spacial score (nSPS) is 22.9. The predicted octanol–water partition coefficient (Wildman–Crippen LogP) is 2.63. The summed E-state index contributed by atoms with van der Waals surface area (Å²) in [4.78, 5) is 11.3. The van der Waals surface area contributed by atoms with Crippen LogP contribution in [0.2, 0.25) is 0 Å². The number of ether oxygens (including phenoxy) is 1. The molecular weight excluding hydrogens is 214 g/mol. The molecule has 0 aliphatic heterocycles. The molecule has 0 bridgehead atoms. The molecule has 4 heteroatoms. The fraction of sp³-hybridized carbons (Fsp3) is 0.417. The van der Waals surface area contributed by atoms with Gasteiger partial charge in [0.25, 0.3) is 0 Å². The Hall–Kier alpha value is -1.45.